The van der Waals surface area contributed by atoms with Gasteiger partial charge in [0.05, 0.1) is 6.61 Å². The molecule has 0 radical (unpaired) electrons. The summed E-state index contributed by atoms with van der Waals surface area (Å²) in [4.78, 5) is 0. The van der Waals surface area contributed by atoms with Gasteiger partial charge in [0.25, 0.3) is 0 Å². The van der Waals surface area contributed by atoms with Crippen molar-refractivity contribution in [3.05, 3.63) is 0 Å². The second-order valence-corrected chi connectivity index (χ2v) is 2.94. The van der Waals surface area contributed by atoms with Crippen molar-refractivity contribution >= 4 is 36.9 Å². The monoisotopic (exact) mass is 184 g/mol. The summed E-state index contributed by atoms with van der Waals surface area (Å²) >= 11 is 0. The summed E-state index contributed by atoms with van der Waals surface area (Å²) in [6.45, 7) is 2.72. The van der Waals surface area contributed by atoms with E-state index in [2.05, 4.69) is 0 Å². The van der Waals surface area contributed by atoms with Crippen molar-refractivity contribution in [2.75, 3.05) is 19.8 Å². The van der Waals surface area contributed by atoms with Crippen LogP contribution in [0.2, 0.25) is 0 Å². The maximum atomic E-state index is 8.99. The van der Waals surface area contributed by atoms with Gasteiger partial charge in [-0.05, 0) is 6.42 Å². The van der Waals surface area contributed by atoms with Gasteiger partial charge in [0, 0.05) is 18.6 Å². The third-order valence-corrected chi connectivity index (χ3v) is 2.15. The van der Waals surface area contributed by atoms with Crippen LogP contribution in [0.15, 0.2) is 0 Å². The van der Waals surface area contributed by atoms with E-state index < -0.39 is 7.32 Å². The van der Waals surface area contributed by atoms with Crippen molar-refractivity contribution in [2.24, 2.45) is 5.41 Å². The number of hydrogen-bond donors (Lipinski definition) is 2. The van der Waals surface area contributed by atoms with Crippen molar-refractivity contribution in [2.45, 2.75) is 13.3 Å². The third kappa shape index (κ3) is 2.99. The maximum absolute atomic E-state index is 8.99. The Bertz CT molecular complexity index is 121. The van der Waals surface area contributed by atoms with Crippen LogP contribution in [0.5, 0.6) is 0 Å². The molecule has 0 saturated carbocycles. The summed E-state index contributed by atoms with van der Waals surface area (Å²) in [5.74, 6) is 0. The van der Waals surface area contributed by atoms with E-state index in [1.807, 2.05) is 6.92 Å². The first-order valence-corrected chi connectivity index (χ1v) is 3.74. The van der Waals surface area contributed by atoms with Crippen LogP contribution in [0.1, 0.15) is 13.3 Å². The van der Waals surface area contributed by atoms with Crippen LogP contribution < -0.4 is 0 Å². The average molecular weight is 184 g/mol. The molecule has 0 aromatic carbocycles. The van der Waals surface area contributed by atoms with Crippen LogP contribution >= 0.6 is 0 Å². The van der Waals surface area contributed by atoms with E-state index in [9.17, 15) is 0 Å². The zero-order valence-electron chi connectivity index (χ0n) is 6.62. The SMILES string of the molecule is CCC1(CO)COB(O)OC1.[NaH]. The molecule has 6 heteroatoms. The van der Waals surface area contributed by atoms with E-state index in [-0.39, 0.29) is 41.6 Å². The van der Waals surface area contributed by atoms with Crippen molar-refractivity contribution in [3.63, 3.8) is 0 Å². The Balaban J connectivity index is 0.00000121. The molecule has 0 aliphatic carbocycles. The van der Waals surface area contributed by atoms with Gasteiger partial charge >= 0.3 is 36.9 Å². The molecule has 0 aromatic rings. The molecule has 0 unspecified atom stereocenters. The fourth-order valence-corrected chi connectivity index (χ4v) is 0.993. The normalized spacial score (nSPS) is 21.8. The summed E-state index contributed by atoms with van der Waals surface area (Å²) in [5.41, 5.74) is -0.306. The van der Waals surface area contributed by atoms with Gasteiger partial charge in [0.15, 0.2) is 0 Å². The Morgan fingerprint density at radius 2 is 1.92 bits per heavy atom. The summed E-state index contributed by atoms with van der Waals surface area (Å²) in [6.07, 6.45) is 0.788. The average Bonchev–Trinajstić information content (AvgIpc) is 2.07. The predicted molar refractivity (Wildman–Crippen MR) is 46.8 cm³/mol. The van der Waals surface area contributed by atoms with Gasteiger partial charge in [-0.1, -0.05) is 6.92 Å². The molecule has 1 heterocycles. The van der Waals surface area contributed by atoms with Crippen LogP contribution in [0, 0.1) is 5.41 Å². The second-order valence-electron chi connectivity index (χ2n) is 2.94. The molecule has 1 aliphatic rings. The summed E-state index contributed by atoms with van der Waals surface area (Å²) in [6, 6.07) is 0. The molecule has 1 saturated heterocycles. The molecule has 1 aliphatic heterocycles. The summed E-state index contributed by atoms with van der Waals surface area (Å²) in [7, 11) is -1.11. The molecule has 1 rings (SSSR count). The van der Waals surface area contributed by atoms with Gasteiger partial charge in [-0.25, -0.2) is 0 Å². The second kappa shape index (κ2) is 5.60. The van der Waals surface area contributed by atoms with E-state index in [0.717, 1.165) is 6.42 Å². The minimum absolute atomic E-state index is 0. The number of hydrogen-bond acceptors (Lipinski definition) is 4. The standard InChI is InChI=1S/C6H13BO4.Na.H/c1-2-6(3-8)4-10-7(9)11-5-6;;/h8-9H,2-5H2,1H3;;. The van der Waals surface area contributed by atoms with E-state index in [1.165, 1.54) is 0 Å². The van der Waals surface area contributed by atoms with Gasteiger partial charge in [-0.15, -0.1) is 0 Å². The van der Waals surface area contributed by atoms with Crippen LogP contribution in [-0.2, 0) is 9.31 Å². The Morgan fingerprint density at radius 3 is 2.25 bits per heavy atom. The van der Waals surface area contributed by atoms with Crippen LogP contribution in [0.4, 0.5) is 0 Å². The Kier molecular flexibility index (Phi) is 6.02. The van der Waals surface area contributed by atoms with Crippen LogP contribution in [0.3, 0.4) is 0 Å². The predicted octanol–water partition coefficient (Wildman–Crippen LogP) is -1.25. The number of rotatable bonds is 2. The molecule has 1 fully saturated rings. The van der Waals surface area contributed by atoms with Crippen LogP contribution in [-0.4, -0.2) is 66.8 Å². The van der Waals surface area contributed by atoms with Crippen molar-refractivity contribution < 1.29 is 19.4 Å². The van der Waals surface area contributed by atoms with E-state index >= 15 is 0 Å². The first-order chi connectivity index (χ1) is 5.22. The molecule has 12 heavy (non-hydrogen) atoms. The van der Waals surface area contributed by atoms with E-state index in [1.54, 1.807) is 0 Å². The number of aliphatic hydroxyl groups excluding tert-OH is 1. The molecule has 0 bridgehead atoms. The zero-order chi connectivity index (χ0) is 8.32. The molecule has 0 atom stereocenters. The first-order valence-electron chi connectivity index (χ1n) is 3.74. The molecular formula is C6H14BNaO4. The van der Waals surface area contributed by atoms with Crippen LogP contribution in [0.25, 0.3) is 0 Å². The van der Waals surface area contributed by atoms with Crippen molar-refractivity contribution in [1.29, 1.82) is 0 Å². The fraction of sp³-hybridized carbons (Fsp3) is 1.00. The molecule has 0 spiro atoms. The summed E-state index contributed by atoms with van der Waals surface area (Å²) in [5, 5.41) is 17.8. The Morgan fingerprint density at radius 1 is 1.42 bits per heavy atom. The molecule has 0 aromatic heterocycles. The fourth-order valence-electron chi connectivity index (χ4n) is 0.993. The zero-order valence-corrected chi connectivity index (χ0v) is 6.62. The molecular weight excluding hydrogens is 170 g/mol. The van der Waals surface area contributed by atoms with Gasteiger partial charge in [0.1, 0.15) is 0 Å². The number of aliphatic hydroxyl groups is 1. The van der Waals surface area contributed by atoms with Crippen molar-refractivity contribution in [3.8, 4) is 0 Å². The third-order valence-electron chi connectivity index (χ3n) is 2.15. The molecule has 2 N–H and O–H groups in total. The molecule has 0 amide bonds. The quantitative estimate of drug-likeness (QED) is 0.526. The van der Waals surface area contributed by atoms with Crippen molar-refractivity contribution in [1.82, 2.24) is 0 Å². The summed E-state index contributed by atoms with van der Waals surface area (Å²) < 4.78 is 9.70. The molecule has 4 nitrogen and oxygen atoms in total. The van der Waals surface area contributed by atoms with Gasteiger partial charge < -0.3 is 19.4 Å². The Hall–Kier alpha value is 0.905. The van der Waals surface area contributed by atoms with Gasteiger partial charge in [-0.2, -0.15) is 0 Å². The first kappa shape index (κ1) is 12.9. The Labute approximate surface area is 94.7 Å². The minimum atomic E-state index is -1.11. The van der Waals surface area contributed by atoms with Gasteiger partial charge in [-0.3, -0.25) is 0 Å². The topological polar surface area (TPSA) is 58.9 Å². The van der Waals surface area contributed by atoms with E-state index in [0.29, 0.717) is 13.2 Å². The van der Waals surface area contributed by atoms with Gasteiger partial charge in [0.2, 0.25) is 0 Å². The molecule has 66 valence electrons. The van der Waals surface area contributed by atoms with E-state index in [4.69, 9.17) is 19.4 Å².